The number of nitrogens with one attached hydrogen (secondary N) is 2. The summed E-state index contributed by atoms with van der Waals surface area (Å²) in [6, 6.07) is 9.42. The van der Waals surface area contributed by atoms with Crippen molar-refractivity contribution in [3.63, 3.8) is 0 Å². The molecule has 2 aliphatic rings. The minimum Gasteiger partial charge on any atom is -0.342 e. The van der Waals surface area contributed by atoms with E-state index in [2.05, 4.69) is 9.97 Å². The van der Waals surface area contributed by atoms with Gasteiger partial charge in [-0.2, -0.15) is 0 Å². The highest BCUT2D eigenvalue weighted by atomic mass is 16.2. The van der Waals surface area contributed by atoms with Gasteiger partial charge < -0.3 is 15.3 Å². The monoisotopic (exact) mass is 416 g/mol. The van der Waals surface area contributed by atoms with Crippen molar-refractivity contribution in [1.29, 1.82) is 5.41 Å². The number of imidazole rings is 1. The van der Waals surface area contributed by atoms with Crippen LogP contribution < -0.4 is 0 Å². The molecule has 1 aliphatic heterocycles. The molecule has 31 heavy (non-hydrogen) atoms. The van der Waals surface area contributed by atoms with Crippen molar-refractivity contribution < 1.29 is 9.59 Å². The minimum absolute atomic E-state index is 0.118. The number of aromatic nitrogens is 2. The van der Waals surface area contributed by atoms with E-state index in [9.17, 15) is 9.59 Å². The van der Waals surface area contributed by atoms with Crippen molar-refractivity contribution in [1.82, 2.24) is 14.9 Å². The first kappa shape index (κ1) is 21.0. The Morgan fingerprint density at radius 2 is 2.03 bits per heavy atom. The van der Waals surface area contributed by atoms with E-state index in [0.29, 0.717) is 29.3 Å². The second-order valence-corrected chi connectivity index (χ2v) is 8.32. The van der Waals surface area contributed by atoms with E-state index in [1.807, 2.05) is 42.2 Å². The van der Waals surface area contributed by atoms with Crippen LogP contribution in [0.1, 0.15) is 49.7 Å². The van der Waals surface area contributed by atoms with Gasteiger partial charge in [-0.1, -0.05) is 37.3 Å². The minimum atomic E-state index is -0.118. The van der Waals surface area contributed by atoms with Crippen LogP contribution in [0.4, 0.5) is 0 Å². The number of H-pyrrole nitrogens is 1. The zero-order valence-corrected chi connectivity index (χ0v) is 17.9. The molecule has 0 spiro atoms. The number of amides is 1. The summed E-state index contributed by atoms with van der Waals surface area (Å²) in [7, 11) is 0. The molecule has 1 aromatic heterocycles. The number of hydrogen-bond acceptors (Lipinski definition) is 4. The largest absolute Gasteiger partial charge is 0.342 e. The Balaban J connectivity index is 1.44. The van der Waals surface area contributed by atoms with E-state index in [-0.39, 0.29) is 17.4 Å². The third kappa shape index (κ3) is 4.74. The van der Waals surface area contributed by atoms with Gasteiger partial charge in [0.05, 0.1) is 5.71 Å². The van der Waals surface area contributed by atoms with Gasteiger partial charge in [0.1, 0.15) is 5.82 Å². The molecule has 1 atom stereocenters. The Morgan fingerprint density at radius 3 is 2.81 bits per heavy atom. The Bertz CT molecular complexity index is 1050. The Kier molecular flexibility index (Phi) is 6.26. The smallest absolute Gasteiger partial charge is 0.222 e. The molecular weight excluding hydrogens is 388 g/mol. The molecule has 1 aliphatic carbocycles. The number of nitrogens with zero attached hydrogens (tertiary/aromatic N) is 2. The summed E-state index contributed by atoms with van der Waals surface area (Å²) in [5, 5.41) is 8.43. The molecule has 2 heterocycles. The molecule has 1 aromatic carbocycles. The number of hydrogen-bond donors (Lipinski definition) is 2. The van der Waals surface area contributed by atoms with Crippen molar-refractivity contribution in [3.8, 4) is 0 Å². The fourth-order valence-corrected chi connectivity index (χ4v) is 4.36. The Hall–Kier alpha value is -3.28. The number of carbonyl (C=O) groups is 2. The van der Waals surface area contributed by atoms with Gasteiger partial charge in [-0.3, -0.25) is 9.59 Å². The molecule has 0 radical (unpaired) electrons. The van der Waals surface area contributed by atoms with Gasteiger partial charge in [0, 0.05) is 42.5 Å². The van der Waals surface area contributed by atoms with Crippen LogP contribution >= 0.6 is 0 Å². The third-order valence-electron chi connectivity index (χ3n) is 5.93. The van der Waals surface area contributed by atoms with Crippen LogP contribution in [0, 0.1) is 11.3 Å². The summed E-state index contributed by atoms with van der Waals surface area (Å²) in [4.78, 5) is 34.7. The van der Waals surface area contributed by atoms with Gasteiger partial charge in [0.25, 0.3) is 0 Å². The Morgan fingerprint density at radius 1 is 1.23 bits per heavy atom. The summed E-state index contributed by atoms with van der Waals surface area (Å²) < 4.78 is 0. The molecular formula is C25H28N4O2. The van der Waals surface area contributed by atoms with Crippen LogP contribution in [-0.2, 0) is 16.0 Å². The number of allylic oxidation sites excluding steroid dienone is 4. The predicted molar refractivity (Wildman–Crippen MR) is 122 cm³/mol. The lowest BCUT2D eigenvalue weighted by molar-refractivity contribution is -0.133. The maximum Gasteiger partial charge on any atom is 0.222 e. The number of piperidine rings is 1. The van der Waals surface area contributed by atoms with Crippen molar-refractivity contribution in [2.75, 3.05) is 13.1 Å². The number of likely N-dealkylation sites (tertiary alicyclic amines) is 1. The van der Waals surface area contributed by atoms with Crippen molar-refractivity contribution in [2.24, 2.45) is 5.92 Å². The van der Waals surface area contributed by atoms with Crippen molar-refractivity contribution >= 4 is 28.5 Å². The maximum absolute atomic E-state index is 12.7. The highest BCUT2D eigenvalue weighted by Gasteiger charge is 2.25. The summed E-state index contributed by atoms with van der Waals surface area (Å²) >= 11 is 0. The molecule has 160 valence electrons. The fraction of sp³-hybridized carbons (Fsp3) is 0.360. The average Bonchev–Trinajstić information content (AvgIpc) is 3.24. The van der Waals surface area contributed by atoms with Gasteiger partial charge in [-0.15, -0.1) is 0 Å². The molecule has 0 unspecified atom stereocenters. The second kappa shape index (κ2) is 9.25. The van der Waals surface area contributed by atoms with Crippen LogP contribution in [0.5, 0.6) is 0 Å². The first-order valence-electron chi connectivity index (χ1n) is 11.0. The normalized spacial score (nSPS) is 19.3. The van der Waals surface area contributed by atoms with Crippen LogP contribution in [0.25, 0.3) is 11.1 Å². The van der Waals surface area contributed by atoms with Crippen molar-refractivity contribution in [2.45, 2.75) is 39.0 Å². The van der Waals surface area contributed by atoms with E-state index in [0.717, 1.165) is 50.0 Å². The average molecular weight is 417 g/mol. The fourth-order valence-electron chi connectivity index (χ4n) is 4.36. The van der Waals surface area contributed by atoms with Crippen LogP contribution in [0.2, 0.25) is 0 Å². The van der Waals surface area contributed by atoms with Gasteiger partial charge >= 0.3 is 0 Å². The Labute approximate surface area is 182 Å². The van der Waals surface area contributed by atoms with E-state index >= 15 is 0 Å². The number of benzene rings is 1. The summed E-state index contributed by atoms with van der Waals surface area (Å²) in [5.74, 6) is 1.07. The van der Waals surface area contributed by atoms with Crippen LogP contribution in [-0.4, -0.2) is 45.4 Å². The summed E-state index contributed by atoms with van der Waals surface area (Å²) in [6.07, 6.45) is 9.32. The lowest BCUT2D eigenvalue weighted by Gasteiger charge is -2.32. The lowest BCUT2D eigenvalue weighted by atomic mass is 9.91. The SMILES string of the molecule is CCCC(=O)N1CCC[C@@H](Cc2cnc(C3=CC(=O)C(c4ccccc4)=CC3=N)[nH]2)C1. The predicted octanol–water partition coefficient (Wildman–Crippen LogP) is 4.06. The molecule has 2 aromatic rings. The maximum atomic E-state index is 12.7. The van der Waals surface area contributed by atoms with Gasteiger partial charge in [0.2, 0.25) is 5.91 Å². The number of aromatic amines is 1. The first-order chi connectivity index (χ1) is 15.0. The molecule has 1 amide bonds. The quantitative estimate of drug-likeness (QED) is 0.696. The van der Waals surface area contributed by atoms with Crippen LogP contribution in [0.15, 0.2) is 48.7 Å². The van der Waals surface area contributed by atoms with Gasteiger partial charge in [-0.05, 0) is 49.3 Å². The van der Waals surface area contributed by atoms with E-state index in [1.165, 1.54) is 6.08 Å². The highest BCUT2D eigenvalue weighted by molar-refractivity contribution is 6.44. The summed E-state index contributed by atoms with van der Waals surface area (Å²) in [5.41, 5.74) is 3.10. The zero-order valence-electron chi connectivity index (χ0n) is 17.9. The van der Waals surface area contributed by atoms with E-state index in [1.54, 1.807) is 12.3 Å². The second-order valence-electron chi connectivity index (χ2n) is 8.32. The lowest BCUT2D eigenvalue weighted by Crippen LogP contribution is -2.40. The van der Waals surface area contributed by atoms with Crippen LogP contribution in [0.3, 0.4) is 0 Å². The number of carbonyl (C=O) groups excluding carboxylic acids is 2. The zero-order chi connectivity index (χ0) is 21.8. The van der Waals surface area contributed by atoms with Gasteiger partial charge in [0.15, 0.2) is 5.78 Å². The van der Waals surface area contributed by atoms with Gasteiger partial charge in [-0.25, -0.2) is 4.98 Å². The highest BCUT2D eigenvalue weighted by Crippen LogP contribution is 2.27. The molecule has 1 saturated heterocycles. The molecule has 6 heteroatoms. The van der Waals surface area contributed by atoms with Crippen molar-refractivity contribution in [3.05, 3.63) is 65.8 Å². The molecule has 4 rings (SSSR count). The molecule has 0 bridgehead atoms. The van der Waals surface area contributed by atoms with E-state index in [4.69, 9.17) is 5.41 Å². The standard InChI is InChI=1S/C25H28N4O2/c1-2-7-24(31)29-11-6-8-17(16-29)12-19-15-27-25(28-19)21-14-23(30)20(13-22(21)26)18-9-4-3-5-10-18/h3-5,9-10,13-15,17,26H,2,6-8,11-12,16H2,1H3,(H,27,28)/t17-/m0/s1. The topological polar surface area (TPSA) is 89.9 Å². The molecule has 0 saturated carbocycles. The first-order valence-corrected chi connectivity index (χ1v) is 11.0. The molecule has 2 N–H and O–H groups in total. The number of rotatable bonds is 6. The number of ketones is 1. The third-order valence-corrected chi connectivity index (χ3v) is 5.93. The van der Waals surface area contributed by atoms with E-state index < -0.39 is 0 Å². The molecule has 6 nitrogen and oxygen atoms in total. The summed E-state index contributed by atoms with van der Waals surface area (Å²) in [6.45, 7) is 3.67. The molecule has 1 fully saturated rings.